The number of hydrogen-bond acceptors (Lipinski definition) is 1. The molecule has 5 aromatic rings. The quantitative estimate of drug-likeness (QED) is 0.264. The molecule has 1 aliphatic rings. The molecule has 0 unspecified atom stereocenters. The number of aryl methyl sites for hydroxylation is 1. The summed E-state index contributed by atoms with van der Waals surface area (Å²) in [6.45, 7) is 0. The van der Waals surface area contributed by atoms with Crippen LogP contribution >= 0.6 is 15.9 Å². The molecule has 1 nitrogen and oxygen atoms in total. The first-order chi connectivity index (χ1) is 13.8. The Morgan fingerprint density at radius 1 is 0.786 bits per heavy atom. The van der Waals surface area contributed by atoms with Crippen molar-refractivity contribution in [1.29, 1.82) is 0 Å². The van der Waals surface area contributed by atoms with Gasteiger partial charge in [-0.1, -0.05) is 70.5 Å². The van der Waals surface area contributed by atoms with E-state index in [0.717, 1.165) is 28.5 Å². The van der Waals surface area contributed by atoms with Crippen molar-refractivity contribution in [3.05, 3.63) is 88.4 Å². The average molecular weight is 425 g/mol. The van der Waals surface area contributed by atoms with E-state index in [1.165, 1.54) is 43.8 Å². The van der Waals surface area contributed by atoms with E-state index in [-0.39, 0.29) is 0 Å². The Labute approximate surface area is 171 Å². The van der Waals surface area contributed by atoms with Crippen LogP contribution in [0, 0.1) is 0 Å². The van der Waals surface area contributed by atoms with Gasteiger partial charge in [-0.15, -0.1) is 0 Å². The highest BCUT2D eigenvalue weighted by Gasteiger charge is 2.20. The molecular formula is C26H17BrO. The third-order valence-electron chi connectivity index (χ3n) is 5.78. The molecule has 0 spiro atoms. The van der Waals surface area contributed by atoms with Crippen LogP contribution in [0.1, 0.15) is 17.5 Å². The summed E-state index contributed by atoms with van der Waals surface area (Å²) in [5.41, 5.74) is 7.04. The third kappa shape index (κ3) is 2.31. The molecule has 0 N–H and O–H groups in total. The molecule has 4 aromatic carbocycles. The van der Waals surface area contributed by atoms with Crippen molar-refractivity contribution in [3.8, 4) is 11.1 Å². The van der Waals surface area contributed by atoms with Crippen LogP contribution in [0.2, 0.25) is 0 Å². The topological polar surface area (TPSA) is 13.1 Å². The van der Waals surface area contributed by atoms with Crippen LogP contribution in [-0.2, 0) is 6.42 Å². The lowest BCUT2D eigenvalue weighted by Crippen LogP contribution is -1.96. The summed E-state index contributed by atoms with van der Waals surface area (Å²) in [6.07, 6.45) is 6.67. The Morgan fingerprint density at radius 3 is 2.54 bits per heavy atom. The maximum Gasteiger partial charge on any atom is 0.143 e. The summed E-state index contributed by atoms with van der Waals surface area (Å²) >= 11 is 3.59. The van der Waals surface area contributed by atoms with Gasteiger partial charge in [0.25, 0.3) is 0 Å². The minimum atomic E-state index is 0.950. The van der Waals surface area contributed by atoms with Gasteiger partial charge in [-0.05, 0) is 64.6 Å². The van der Waals surface area contributed by atoms with Gasteiger partial charge in [0, 0.05) is 20.8 Å². The summed E-state index contributed by atoms with van der Waals surface area (Å²) in [4.78, 5) is 0. The summed E-state index contributed by atoms with van der Waals surface area (Å²) in [6, 6.07) is 23.7. The molecule has 0 saturated carbocycles. The van der Waals surface area contributed by atoms with Gasteiger partial charge in [0.1, 0.15) is 11.2 Å². The molecule has 0 atom stereocenters. The third-order valence-corrected chi connectivity index (χ3v) is 6.28. The van der Waals surface area contributed by atoms with Gasteiger partial charge in [0.15, 0.2) is 0 Å². The SMILES string of the molecule is Brc1cccc(-c2ccc3oc4c5c(c6ccccc6c4c3c2)CCC=C5)c1. The van der Waals surface area contributed by atoms with Gasteiger partial charge in [0.05, 0.1) is 0 Å². The van der Waals surface area contributed by atoms with Gasteiger partial charge >= 0.3 is 0 Å². The fourth-order valence-electron chi connectivity index (χ4n) is 4.52. The van der Waals surface area contributed by atoms with E-state index in [4.69, 9.17) is 4.42 Å². The molecule has 1 aromatic heterocycles. The number of hydrogen-bond donors (Lipinski definition) is 0. The molecule has 134 valence electrons. The zero-order valence-corrected chi connectivity index (χ0v) is 16.8. The van der Waals surface area contributed by atoms with Gasteiger partial charge in [-0.3, -0.25) is 0 Å². The van der Waals surface area contributed by atoms with Crippen LogP contribution in [0.15, 0.2) is 81.7 Å². The fraction of sp³-hybridized carbons (Fsp3) is 0.0769. The summed E-state index contributed by atoms with van der Waals surface area (Å²) in [7, 11) is 0. The van der Waals surface area contributed by atoms with Crippen LogP contribution in [0.3, 0.4) is 0 Å². The van der Waals surface area contributed by atoms with Crippen molar-refractivity contribution >= 4 is 54.7 Å². The molecule has 0 bridgehead atoms. The predicted octanol–water partition coefficient (Wildman–Crippen LogP) is 8.13. The Kier molecular flexibility index (Phi) is 3.51. The summed E-state index contributed by atoms with van der Waals surface area (Å²) in [5, 5.41) is 5.06. The van der Waals surface area contributed by atoms with E-state index >= 15 is 0 Å². The minimum absolute atomic E-state index is 0.950. The van der Waals surface area contributed by atoms with E-state index < -0.39 is 0 Å². The number of furan rings is 1. The number of benzene rings is 4. The smallest absolute Gasteiger partial charge is 0.143 e. The Hall–Kier alpha value is -2.84. The highest BCUT2D eigenvalue weighted by molar-refractivity contribution is 9.10. The lowest BCUT2D eigenvalue weighted by Gasteiger charge is -2.14. The van der Waals surface area contributed by atoms with Crippen LogP contribution in [0.4, 0.5) is 0 Å². The molecule has 2 heteroatoms. The molecule has 28 heavy (non-hydrogen) atoms. The standard InChI is InChI=1S/C26H17BrO/c27-18-7-5-6-16(14-18)17-12-13-24-23(15-17)25-21-10-3-1-8-19(21)20-9-2-4-11-22(20)26(25)28-24/h1,3-8,10-15H,2,9H2. The molecule has 0 amide bonds. The van der Waals surface area contributed by atoms with E-state index in [0.29, 0.717) is 0 Å². The van der Waals surface area contributed by atoms with Crippen LogP contribution in [0.5, 0.6) is 0 Å². The molecule has 6 rings (SSSR count). The van der Waals surface area contributed by atoms with Crippen LogP contribution in [-0.4, -0.2) is 0 Å². The van der Waals surface area contributed by atoms with Gasteiger partial charge in [0.2, 0.25) is 0 Å². The zero-order chi connectivity index (χ0) is 18.7. The van der Waals surface area contributed by atoms with Gasteiger partial charge in [-0.2, -0.15) is 0 Å². The predicted molar refractivity (Wildman–Crippen MR) is 122 cm³/mol. The Bertz CT molecular complexity index is 1420. The number of rotatable bonds is 1. The van der Waals surface area contributed by atoms with Crippen LogP contribution < -0.4 is 0 Å². The normalized spacial score (nSPS) is 13.5. The van der Waals surface area contributed by atoms with Gasteiger partial charge in [-0.25, -0.2) is 0 Å². The highest BCUT2D eigenvalue weighted by Crippen LogP contribution is 2.42. The van der Waals surface area contributed by atoms with Crippen molar-refractivity contribution in [2.45, 2.75) is 12.8 Å². The second-order valence-electron chi connectivity index (χ2n) is 7.41. The van der Waals surface area contributed by atoms with Crippen molar-refractivity contribution in [3.63, 3.8) is 0 Å². The first kappa shape index (κ1) is 16.1. The first-order valence-electron chi connectivity index (χ1n) is 9.62. The van der Waals surface area contributed by atoms with Crippen molar-refractivity contribution in [2.75, 3.05) is 0 Å². The van der Waals surface area contributed by atoms with E-state index in [2.05, 4.69) is 94.8 Å². The number of fused-ring (bicyclic) bond motifs is 8. The fourth-order valence-corrected chi connectivity index (χ4v) is 4.92. The first-order valence-corrected chi connectivity index (χ1v) is 10.4. The lowest BCUT2D eigenvalue weighted by molar-refractivity contribution is 0.667. The maximum absolute atomic E-state index is 6.41. The second kappa shape index (κ2) is 6.08. The van der Waals surface area contributed by atoms with Crippen molar-refractivity contribution < 1.29 is 4.42 Å². The molecule has 0 radical (unpaired) electrons. The lowest BCUT2D eigenvalue weighted by atomic mass is 9.89. The summed E-state index contributed by atoms with van der Waals surface area (Å²) in [5.74, 6) is 0. The highest BCUT2D eigenvalue weighted by atomic mass is 79.9. The molecular weight excluding hydrogens is 408 g/mol. The molecule has 0 fully saturated rings. The maximum atomic E-state index is 6.41. The monoisotopic (exact) mass is 424 g/mol. The molecule has 0 aliphatic heterocycles. The average Bonchev–Trinajstić information content (AvgIpc) is 3.13. The van der Waals surface area contributed by atoms with Gasteiger partial charge < -0.3 is 4.42 Å². The molecule has 1 aliphatic carbocycles. The van der Waals surface area contributed by atoms with Crippen LogP contribution in [0.25, 0.3) is 49.9 Å². The van der Waals surface area contributed by atoms with Crippen molar-refractivity contribution in [1.82, 2.24) is 0 Å². The minimum Gasteiger partial charge on any atom is -0.455 e. The van der Waals surface area contributed by atoms with E-state index in [1.54, 1.807) is 0 Å². The Morgan fingerprint density at radius 2 is 1.64 bits per heavy atom. The zero-order valence-electron chi connectivity index (χ0n) is 15.2. The number of halogens is 1. The van der Waals surface area contributed by atoms with Crippen molar-refractivity contribution in [2.24, 2.45) is 0 Å². The van der Waals surface area contributed by atoms with E-state index in [9.17, 15) is 0 Å². The number of allylic oxidation sites excluding steroid dienone is 1. The molecule has 0 saturated heterocycles. The Balaban J connectivity index is 1.76. The molecule has 1 heterocycles. The largest absolute Gasteiger partial charge is 0.455 e. The summed E-state index contributed by atoms with van der Waals surface area (Å²) < 4.78 is 7.50. The second-order valence-corrected chi connectivity index (χ2v) is 8.32. The van der Waals surface area contributed by atoms with E-state index in [1.807, 2.05) is 0 Å².